The fourth-order valence-electron chi connectivity index (χ4n) is 3.74. The van der Waals surface area contributed by atoms with E-state index in [-0.39, 0.29) is 23.8 Å². The first-order valence-electron chi connectivity index (χ1n) is 11.2. The van der Waals surface area contributed by atoms with Gasteiger partial charge >= 0.3 is 0 Å². The lowest BCUT2D eigenvalue weighted by Gasteiger charge is -2.30. The quantitative estimate of drug-likeness (QED) is 0.272. The van der Waals surface area contributed by atoms with E-state index in [1.54, 1.807) is 23.1 Å². The van der Waals surface area contributed by atoms with Crippen LogP contribution in [0.15, 0.2) is 66.7 Å². The summed E-state index contributed by atoms with van der Waals surface area (Å²) in [6.07, 6.45) is 1.50. The number of non-ortho nitro benzene ring substituents is 1. The number of para-hydroxylation sites is 1. The molecule has 3 aromatic carbocycles. The zero-order valence-electron chi connectivity index (χ0n) is 19.2. The summed E-state index contributed by atoms with van der Waals surface area (Å²) in [7, 11) is 0. The van der Waals surface area contributed by atoms with E-state index in [1.165, 1.54) is 24.3 Å². The van der Waals surface area contributed by atoms with Crippen molar-refractivity contribution in [2.24, 2.45) is 0 Å². The number of benzene rings is 3. The first kappa shape index (κ1) is 23.7. The Morgan fingerprint density at radius 2 is 1.89 bits per heavy atom. The van der Waals surface area contributed by atoms with Crippen LogP contribution >= 0.6 is 0 Å². The summed E-state index contributed by atoms with van der Waals surface area (Å²) in [5.74, 6) is 0.849. The molecule has 0 spiro atoms. The Kier molecular flexibility index (Phi) is 7.25. The van der Waals surface area contributed by atoms with Gasteiger partial charge in [-0.25, -0.2) is 0 Å². The molecule has 0 saturated heterocycles. The molecule has 0 aliphatic carbocycles. The highest BCUT2D eigenvalue weighted by Crippen LogP contribution is 2.35. The minimum Gasteiger partial charge on any atom is -0.493 e. The molecule has 0 radical (unpaired) electrons. The van der Waals surface area contributed by atoms with E-state index < -0.39 is 10.8 Å². The van der Waals surface area contributed by atoms with Crippen molar-refractivity contribution in [1.29, 1.82) is 0 Å². The molecule has 1 aliphatic heterocycles. The van der Waals surface area contributed by atoms with Gasteiger partial charge in [-0.1, -0.05) is 18.2 Å². The number of nitrogens with zero attached hydrogens (tertiary/aromatic N) is 2. The lowest BCUT2D eigenvalue weighted by atomic mass is 10.1. The minimum atomic E-state index is -0.522. The SMILES string of the molecule is Cc1ccccc1OCCCCN1C(=O)COc2ccc(NC(=O)c3ccc([N+](=O)[O-])cc3)cc21. The van der Waals surface area contributed by atoms with Crippen molar-refractivity contribution in [3.8, 4) is 11.5 Å². The number of hydrogen-bond acceptors (Lipinski definition) is 6. The van der Waals surface area contributed by atoms with E-state index in [9.17, 15) is 19.7 Å². The smallest absolute Gasteiger partial charge is 0.269 e. The van der Waals surface area contributed by atoms with Crippen molar-refractivity contribution in [1.82, 2.24) is 0 Å². The summed E-state index contributed by atoms with van der Waals surface area (Å²) in [4.78, 5) is 37.1. The lowest BCUT2D eigenvalue weighted by molar-refractivity contribution is -0.384. The van der Waals surface area contributed by atoms with Gasteiger partial charge in [0.1, 0.15) is 11.5 Å². The molecule has 180 valence electrons. The molecule has 2 amide bonds. The van der Waals surface area contributed by atoms with E-state index in [1.807, 2.05) is 31.2 Å². The van der Waals surface area contributed by atoms with Gasteiger partial charge in [0.2, 0.25) is 0 Å². The highest BCUT2D eigenvalue weighted by atomic mass is 16.6. The Morgan fingerprint density at radius 1 is 1.11 bits per heavy atom. The van der Waals surface area contributed by atoms with Crippen LogP contribution in [-0.4, -0.2) is 36.5 Å². The molecule has 0 aromatic heterocycles. The van der Waals surface area contributed by atoms with Gasteiger partial charge in [-0.3, -0.25) is 19.7 Å². The number of nitro benzene ring substituents is 1. The number of nitrogens with one attached hydrogen (secondary N) is 1. The van der Waals surface area contributed by atoms with Gasteiger partial charge in [0.15, 0.2) is 6.61 Å². The number of aryl methyl sites for hydroxylation is 1. The van der Waals surface area contributed by atoms with Crippen molar-refractivity contribution in [2.75, 3.05) is 30.0 Å². The van der Waals surface area contributed by atoms with Gasteiger partial charge in [0.25, 0.3) is 17.5 Å². The van der Waals surface area contributed by atoms with Crippen molar-refractivity contribution in [3.63, 3.8) is 0 Å². The van der Waals surface area contributed by atoms with Crippen LogP contribution in [0.3, 0.4) is 0 Å². The third-order valence-corrected chi connectivity index (χ3v) is 5.63. The minimum absolute atomic E-state index is 0.0405. The monoisotopic (exact) mass is 475 g/mol. The first-order chi connectivity index (χ1) is 16.9. The second-order valence-corrected chi connectivity index (χ2v) is 8.10. The van der Waals surface area contributed by atoms with Crippen LogP contribution in [0, 0.1) is 17.0 Å². The van der Waals surface area contributed by atoms with Gasteiger partial charge in [-0.15, -0.1) is 0 Å². The van der Waals surface area contributed by atoms with Gasteiger partial charge in [0, 0.05) is 29.9 Å². The number of anilines is 2. The van der Waals surface area contributed by atoms with Crippen molar-refractivity contribution >= 4 is 28.9 Å². The summed E-state index contributed by atoms with van der Waals surface area (Å²) in [5, 5.41) is 13.6. The molecule has 0 atom stereocenters. The zero-order chi connectivity index (χ0) is 24.8. The Morgan fingerprint density at radius 3 is 2.63 bits per heavy atom. The van der Waals surface area contributed by atoms with Gasteiger partial charge in [-0.05, 0) is 61.7 Å². The van der Waals surface area contributed by atoms with Crippen LogP contribution in [0.2, 0.25) is 0 Å². The topological polar surface area (TPSA) is 111 Å². The lowest BCUT2D eigenvalue weighted by Crippen LogP contribution is -2.39. The summed E-state index contributed by atoms with van der Waals surface area (Å²) in [6.45, 7) is 2.99. The second-order valence-electron chi connectivity index (χ2n) is 8.10. The number of fused-ring (bicyclic) bond motifs is 1. The van der Waals surface area contributed by atoms with E-state index in [2.05, 4.69) is 5.32 Å². The number of carbonyl (C=O) groups excluding carboxylic acids is 2. The molecule has 1 heterocycles. The van der Waals surface area contributed by atoms with E-state index in [0.29, 0.717) is 30.3 Å². The molecule has 0 bridgehead atoms. The maximum absolute atomic E-state index is 12.6. The van der Waals surface area contributed by atoms with Crippen LogP contribution in [0.5, 0.6) is 11.5 Å². The average molecular weight is 476 g/mol. The number of hydrogen-bond donors (Lipinski definition) is 1. The molecular weight excluding hydrogens is 450 g/mol. The van der Waals surface area contributed by atoms with Crippen LogP contribution in [0.4, 0.5) is 17.1 Å². The number of ether oxygens (including phenoxy) is 2. The fourth-order valence-corrected chi connectivity index (χ4v) is 3.74. The van der Waals surface area contributed by atoms with Crippen LogP contribution in [-0.2, 0) is 4.79 Å². The van der Waals surface area contributed by atoms with Crippen LogP contribution in [0.25, 0.3) is 0 Å². The largest absolute Gasteiger partial charge is 0.493 e. The molecule has 0 saturated carbocycles. The number of carbonyl (C=O) groups is 2. The molecule has 0 unspecified atom stereocenters. The molecule has 0 fully saturated rings. The fraction of sp³-hybridized carbons (Fsp3) is 0.231. The number of amides is 2. The molecule has 3 aromatic rings. The van der Waals surface area contributed by atoms with Crippen LogP contribution in [0.1, 0.15) is 28.8 Å². The maximum atomic E-state index is 12.6. The maximum Gasteiger partial charge on any atom is 0.269 e. The molecule has 9 nitrogen and oxygen atoms in total. The first-order valence-corrected chi connectivity index (χ1v) is 11.2. The third-order valence-electron chi connectivity index (χ3n) is 5.63. The van der Waals surface area contributed by atoms with Gasteiger partial charge < -0.3 is 19.7 Å². The molecule has 4 rings (SSSR count). The predicted octanol–water partition coefficient (Wildman–Crippen LogP) is 4.74. The highest BCUT2D eigenvalue weighted by Gasteiger charge is 2.25. The normalized spacial score (nSPS) is 12.5. The van der Waals surface area contributed by atoms with Gasteiger partial charge in [-0.2, -0.15) is 0 Å². The van der Waals surface area contributed by atoms with E-state index in [0.717, 1.165) is 24.2 Å². The molecule has 1 N–H and O–H groups in total. The number of rotatable bonds is 9. The Labute approximate surface area is 202 Å². The predicted molar refractivity (Wildman–Crippen MR) is 131 cm³/mol. The van der Waals surface area contributed by atoms with Crippen molar-refractivity contribution in [3.05, 3.63) is 88.0 Å². The van der Waals surface area contributed by atoms with E-state index >= 15 is 0 Å². The summed E-state index contributed by atoms with van der Waals surface area (Å²) in [5.41, 5.74) is 2.34. The third kappa shape index (κ3) is 5.75. The highest BCUT2D eigenvalue weighted by molar-refractivity contribution is 6.05. The van der Waals surface area contributed by atoms with E-state index in [4.69, 9.17) is 9.47 Å². The standard InChI is InChI=1S/C26H25N3O6/c1-18-6-2-3-7-23(18)34-15-5-4-14-28-22-16-20(10-13-24(22)35-17-25(28)30)27-26(31)19-8-11-21(12-9-19)29(32)33/h2-3,6-13,16H,4-5,14-15,17H2,1H3,(H,27,31). The Bertz CT molecular complexity index is 1240. The molecule has 1 aliphatic rings. The molecule has 35 heavy (non-hydrogen) atoms. The summed E-state index contributed by atoms with van der Waals surface area (Å²) >= 11 is 0. The second kappa shape index (κ2) is 10.7. The van der Waals surface area contributed by atoms with Crippen molar-refractivity contribution < 1.29 is 24.0 Å². The Hall–Kier alpha value is -4.40. The molecular formula is C26H25N3O6. The number of unbranched alkanes of at least 4 members (excludes halogenated alkanes) is 1. The molecule has 9 heteroatoms. The Balaban J connectivity index is 1.38. The van der Waals surface area contributed by atoms with Crippen molar-refractivity contribution in [2.45, 2.75) is 19.8 Å². The average Bonchev–Trinajstić information content (AvgIpc) is 2.86. The number of nitro groups is 1. The summed E-state index contributed by atoms with van der Waals surface area (Å²) in [6, 6.07) is 18.3. The zero-order valence-corrected chi connectivity index (χ0v) is 19.2. The summed E-state index contributed by atoms with van der Waals surface area (Å²) < 4.78 is 11.4. The van der Waals surface area contributed by atoms with Gasteiger partial charge in [0.05, 0.1) is 17.2 Å². The van der Waals surface area contributed by atoms with Crippen LogP contribution < -0.4 is 19.7 Å².